The van der Waals surface area contributed by atoms with Crippen molar-refractivity contribution >= 4 is 21.7 Å². The maximum atomic E-state index is 12.2. The largest absolute Gasteiger partial charge is 0.467 e. The molecule has 23 heavy (non-hydrogen) atoms. The summed E-state index contributed by atoms with van der Waals surface area (Å²) in [4.78, 5) is 26.9. The van der Waals surface area contributed by atoms with Crippen molar-refractivity contribution in [1.82, 2.24) is 9.80 Å². The molecular weight excluding hydrogens is 320 g/mol. The third-order valence-electron chi connectivity index (χ3n) is 4.12. The molecule has 0 aliphatic carbocycles. The molecule has 0 bridgehead atoms. The van der Waals surface area contributed by atoms with Gasteiger partial charge in [0.25, 0.3) is 0 Å². The average Bonchev–Trinajstić information content (AvgIpc) is 3.11. The first-order valence-electron chi connectivity index (χ1n) is 7.52. The van der Waals surface area contributed by atoms with E-state index in [0.29, 0.717) is 18.7 Å². The fraction of sp³-hybridized carbons (Fsp3) is 0.600. The number of carbonyl (C=O) groups excluding carboxylic acids is 2. The van der Waals surface area contributed by atoms with E-state index in [-0.39, 0.29) is 42.3 Å². The average molecular weight is 342 g/mol. The third kappa shape index (κ3) is 4.82. The number of furan rings is 1. The quantitative estimate of drug-likeness (QED) is 0.758. The summed E-state index contributed by atoms with van der Waals surface area (Å²) >= 11 is 0. The monoisotopic (exact) mass is 342 g/mol. The summed E-state index contributed by atoms with van der Waals surface area (Å²) in [7, 11) is -1.40. The molecule has 0 saturated carbocycles. The van der Waals surface area contributed by atoms with Crippen molar-refractivity contribution in [1.29, 1.82) is 0 Å². The fourth-order valence-electron chi connectivity index (χ4n) is 2.63. The molecule has 8 heteroatoms. The molecule has 2 heterocycles. The Kier molecular flexibility index (Phi) is 5.46. The van der Waals surface area contributed by atoms with Crippen molar-refractivity contribution in [3.8, 4) is 0 Å². The zero-order valence-electron chi connectivity index (χ0n) is 13.4. The van der Waals surface area contributed by atoms with Crippen molar-refractivity contribution < 1.29 is 22.4 Å². The first-order valence-corrected chi connectivity index (χ1v) is 9.34. The van der Waals surface area contributed by atoms with E-state index >= 15 is 0 Å². The van der Waals surface area contributed by atoms with Crippen LogP contribution >= 0.6 is 0 Å². The van der Waals surface area contributed by atoms with Crippen LogP contribution in [0.4, 0.5) is 0 Å². The second-order valence-corrected chi connectivity index (χ2v) is 8.06. The molecule has 0 N–H and O–H groups in total. The minimum atomic E-state index is -3.02. The van der Waals surface area contributed by atoms with Gasteiger partial charge in [-0.2, -0.15) is 0 Å². The normalized spacial score (nSPS) is 19.5. The first-order chi connectivity index (χ1) is 10.8. The Morgan fingerprint density at radius 2 is 2.13 bits per heavy atom. The summed E-state index contributed by atoms with van der Waals surface area (Å²) < 4.78 is 28.2. The van der Waals surface area contributed by atoms with E-state index in [9.17, 15) is 18.0 Å². The van der Waals surface area contributed by atoms with Gasteiger partial charge < -0.3 is 14.2 Å². The summed E-state index contributed by atoms with van der Waals surface area (Å²) in [6, 6.07) is 3.25. The molecule has 1 saturated heterocycles. The Morgan fingerprint density at radius 3 is 2.65 bits per heavy atom. The van der Waals surface area contributed by atoms with Gasteiger partial charge in [-0.05, 0) is 18.6 Å². The topological polar surface area (TPSA) is 87.9 Å². The molecule has 1 aliphatic heterocycles. The molecule has 0 spiro atoms. The van der Waals surface area contributed by atoms with Gasteiger partial charge in [0.05, 0.1) is 24.3 Å². The van der Waals surface area contributed by atoms with Gasteiger partial charge in [0.2, 0.25) is 11.8 Å². The van der Waals surface area contributed by atoms with Crippen LogP contribution in [0.15, 0.2) is 22.8 Å². The van der Waals surface area contributed by atoms with Crippen molar-refractivity contribution in [3.63, 3.8) is 0 Å². The van der Waals surface area contributed by atoms with Gasteiger partial charge in [-0.3, -0.25) is 9.59 Å². The van der Waals surface area contributed by atoms with Gasteiger partial charge >= 0.3 is 0 Å². The smallest absolute Gasteiger partial charge is 0.224 e. The lowest BCUT2D eigenvalue weighted by Gasteiger charge is -2.25. The highest BCUT2D eigenvalue weighted by Gasteiger charge is 2.32. The Morgan fingerprint density at radius 1 is 1.39 bits per heavy atom. The number of hydrogen-bond acceptors (Lipinski definition) is 5. The zero-order valence-corrected chi connectivity index (χ0v) is 14.2. The molecule has 1 aliphatic rings. The SMILES string of the molecule is CC(=O)N(CCC(=O)N(C)C1CCS(=O)(=O)C1)Cc1ccco1. The van der Waals surface area contributed by atoms with E-state index in [2.05, 4.69) is 0 Å². The minimum Gasteiger partial charge on any atom is -0.467 e. The van der Waals surface area contributed by atoms with Crippen LogP contribution in [0.5, 0.6) is 0 Å². The molecular formula is C15H22N2O5S. The lowest BCUT2D eigenvalue weighted by atomic mass is 10.2. The van der Waals surface area contributed by atoms with Crippen LogP contribution in [0.3, 0.4) is 0 Å². The zero-order chi connectivity index (χ0) is 17.0. The van der Waals surface area contributed by atoms with E-state index in [1.54, 1.807) is 19.2 Å². The van der Waals surface area contributed by atoms with Gasteiger partial charge in [-0.1, -0.05) is 0 Å². The number of sulfone groups is 1. The Bertz CT molecular complexity index is 653. The lowest BCUT2D eigenvalue weighted by Crippen LogP contribution is -2.40. The molecule has 1 fully saturated rings. The predicted molar refractivity (Wildman–Crippen MR) is 84.2 cm³/mol. The molecule has 1 unspecified atom stereocenters. The van der Waals surface area contributed by atoms with Crippen molar-refractivity contribution in [2.75, 3.05) is 25.1 Å². The van der Waals surface area contributed by atoms with Crippen molar-refractivity contribution in [3.05, 3.63) is 24.2 Å². The van der Waals surface area contributed by atoms with E-state index in [4.69, 9.17) is 4.42 Å². The standard InChI is InChI=1S/C15H22N2O5S/c1-12(18)17(10-14-4-3-8-22-14)7-5-15(19)16(2)13-6-9-23(20,21)11-13/h3-4,8,13H,5-7,9-11H2,1-2H3. The number of amides is 2. The van der Waals surface area contributed by atoms with Crippen molar-refractivity contribution in [2.24, 2.45) is 0 Å². The molecule has 0 radical (unpaired) electrons. The summed E-state index contributed by atoms with van der Waals surface area (Å²) in [5.41, 5.74) is 0. The van der Waals surface area contributed by atoms with E-state index in [1.807, 2.05) is 0 Å². The molecule has 1 aromatic heterocycles. The fourth-order valence-corrected chi connectivity index (χ4v) is 4.40. The summed E-state index contributed by atoms with van der Waals surface area (Å²) in [5.74, 6) is 0.520. The first kappa shape index (κ1) is 17.5. The maximum absolute atomic E-state index is 12.2. The second kappa shape index (κ2) is 7.16. The number of hydrogen-bond donors (Lipinski definition) is 0. The van der Waals surface area contributed by atoms with Crippen LogP contribution in [-0.4, -0.2) is 61.2 Å². The van der Waals surface area contributed by atoms with Crippen LogP contribution in [0.2, 0.25) is 0 Å². The summed E-state index contributed by atoms with van der Waals surface area (Å²) in [6.45, 7) is 2.04. The second-order valence-electron chi connectivity index (χ2n) is 5.83. The number of nitrogens with zero attached hydrogens (tertiary/aromatic N) is 2. The molecule has 1 atom stereocenters. The van der Waals surface area contributed by atoms with Crippen LogP contribution in [0.1, 0.15) is 25.5 Å². The Labute approximate surface area is 136 Å². The molecule has 2 rings (SSSR count). The van der Waals surface area contributed by atoms with E-state index < -0.39 is 9.84 Å². The van der Waals surface area contributed by atoms with Gasteiger partial charge in [-0.15, -0.1) is 0 Å². The number of rotatable bonds is 6. The Balaban J connectivity index is 1.87. The van der Waals surface area contributed by atoms with Crippen LogP contribution in [-0.2, 0) is 26.0 Å². The summed E-state index contributed by atoms with van der Waals surface area (Å²) in [5, 5.41) is 0. The number of carbonyl (C=O) groups is 2. The maximum Gasteiger partial charge on any atom is 0.224 e. The highest BCUT2D eigenvalue weighted by molar-refractivity contribution is 7.91. The van der Waals surface area contributed by atoms with Gasteiger partial charge in [0, 0.05) is 33.0 Å². The van der Waals surface area contributed by atoms with Gasteiger partial charge in [0.15, 0.2) is 9.84 Å². The van der Waals surface area contributed by atoms with E-state index in [0.717, 1.165) is 0 Å². The minimum absolute atomic E-state index is 0.0259. The van der Waals surface area contributed by atoms with Gasteiger partial charge in [0.1, 0.15) is 5.76 Å². The highest BCUT2D eigenvalue weighted by Crippen LogP contribution is 2.17. The predicted octanol–water partition coefficient (Wildman–Crippen LogP) is 0.664. The van der Waals surface area contributed by atoms with Crippen molar-refractivity contribution in [2.45, 2.75) is 32.4 Å². The third-order valence-corrected chi connectivity index (χ3v) is 5.87. The molecule has 0 aromatic carbocycles. The lowest BCUT2D eigenvalue weighted by molar-refractivity contribution is -0.134. The van der Waals surface area contributed by atoms with Gasteiger partial charge in [-0.25, -0.2) is 8.42 Å². The molecule has 1 aromatic rings. The van der Waals surface area contributed by atoms with E-state index in [1.165, 1.54) is 23.0 Å². The van der Waals surface area contributed by atoms with Crippen LogP contribution in [0.25, 0.3) is 0 Å². The Hall–Kier alpha value is -1.83. The molecule has 128 valence electrons. The molecule has 2 amide bonds. The summed E-state index contributed by atoms with van der Waals surface area (Å²) in [6.07, 6.45) is 2.17. The highest BCUT2D eigenvalue weighted by atomic mass is 32.2. The van der Waals surface area contributed by atoms with Crippen LogP contribution < -0.4 is 0 Å². The van der Waals surface area contributed by atoms with Crippen LogP contribution in [0, 0.1) is 0 Å². The molecule has 7 nitrogen and oxygen atoms in total.